The Balaban J connectivity index is 1.37. The number of hydrogen-bond donors (Lipinski definition) is 1. The lowest BCUT2D eigenvalue weighted by Crippen LogP contribution is -2.48. The number of Topliss-reactive ketones (excluding diaryl/α,β-unsaturated/α-hetero) is 1. The Morgan fingerprint density at radius 3 is 2.47 bits per heavy atom. The molecule has 1 aromatic carbocycles. The molecule has 0 spiro atoms. The number of anilines is 1. The van der Waals surface area contributed by atoms with Gasteiger partial charge in [-0.2, -0.15) is 4.98 Å². The Kier molecular flexibility index (Phi) is 12.3. The lowest BCUT2D eigenvalue weighted by atomic mass is 9.82. The molecule has 0 radical (unpaired) electrons. The fraction of sp³-hybridized carbons (Fsp3) is 0.651. The number of hydrogen-bond acceptors (Lipinski definition) is 11. The summed E-state index contributed by atoms with van der Waals surface area (Å²) in [6, 6.07) is 6.36. The van der Waals surface area contributed by atoms with Crippen molar-refractivity contribution in [2.75, 3.05) is 39.3 Å². The highest BCUT2D eigenvalue weighted by Crippen LogP contribution is 2.58. The summed E-state index contributed by atoms with van der Waals surface area (Å²) in [5.74, 6) is -1.93. The molecule has 4 aliphatic rings. The number of allylic oxidation sites excluding steroid dienone is 2. The van der Waals surface area contributed by atoms with Crippen LogP contribution in [0.3, 0.4) is 0 Å². The Labute approximate surface area is 341 Å². The highest BCUT2D eigenvalue weighted by molar-refractivity contribution is 7.91. The van der Waals surface area contributed by atoms with Gasteiger partial charge >= 0.3 is 5.97 Å². The van der Waals surface area contributed by atoms with E-state index in [-0.39, 0.29) is 62.8 Å². The van der Waals surface area contributed by atoms with Crippen LogP contribution in [0.1, 0.15) is 92.4 Å². The molecule has 2 amide bonds. The predicted molar refractivity (Wildman–Crippen MR) is 218 cm³/mol. The van der Waals surface area contributed by atoms with Gasteiger partial charge in [0.15, 0.2) is 5.78 Å². The minimum atomic E-state index is -4.35. The molecule has 13 nitrogen and oxygen atoms in total. The molecule has 318 valence electrons. The standard InChI is InChI=1S/C43H59FN4O9S/c1-26-11-9-10-12-29-22-43(29,40(52)46-58(53,54)42(25-44)15-16-42)23-35(49)34-20-31(24-48(34)39(51)33(27(2)17-26)21-37(50)57-41(3,4)5)56-38-32-14-13-30(55-8)18-28(32)19-36(45-38)47(6)7/h10,12-14,18-19,26-27,29,31,33-34H,9,11,15-17,20-25H2,1-8H3,(H,46,52)/b12-10-/t26-,27-,29-,31-,33+,34+,43-/m1/s1. The smallest absolute Gasteiger partial charge is 0.307 e. The maximum absolute atomic E-state index is 15.0. The van der Waals surface area contributed by atoms with Gasteiger partial charge in [0.25, 0.3) is 0 Å². The average Bonchev–Trinajstić information content (AvgIpc) is 4.05. The number of ketones is 1. The number of halogens is 1. The second-order valence-corrected chi connectivity index (χ2v) is 20.4. The van der Waals surface area contributed by atoms with E-state index in [2.05, 4.69) is 11.6 Å². The Morgan fingerprint density at radius 2 is 1.83 bits per heavy atom. The zero-order valence-electron chi connectivity index (χ0n) is 35.0. The molecule has 6 rings (SSSR count). The first-order valence-electron chi connectivity index (χ1n) is 20.4. The van der Waals surface area contributed by atoms with Crippen LogP contribution in [0.25, 0.3) is 10.8 Å². The second-order valence-electron chi connectivity index (χ2n) is 18.3. The van der Waals surface area contributed by atoms with Crippen LogP contribution in [0.15, 0.2) is 36.4 Å². The molecule has 0 bridgehead atoms. The number of esters is 1. The number of sulfonamides is 1. The van der Waals surface area contributed by atoms with Crippen LogP contribution in [0.5, 0.6) is 11.6 Å². The van der Waals surface area contributed by atoms with E-state index < -0.39 is 74.1 Å². The number of aromatic nitrogens is 1. The van der Waals surface area contributed by atoms with E-state index in [1.165, 1.54) is 4.90 Å². The number of rotatable bonds is 10. The maximum atomic E-state index is 15.0. The largest absolute Gasteiger partial charge is 0.497 e. The van der Waals surface area contributed by atoms with Gasteiger partial charge in [0.05, 0.1) is 37.5 Å². The van der Waals surface area contributed by atoms with Crippen LogP contribution in [0.2, 0.25) is 0 Å². The highest BCUT2D eigenvalue weighted by atomic mass is 32.2. The molecule has 7 atom stereocenters. The third kappa shape index (κ3) is 9.13. The molecule has 2 aliphatic carbocycles. The van der Waals surface area contributed by atoms with Crippen LogP contribution >= 0.6 is 0 Å². The van der Waals surface area contributed by atoms with Gasteiger partial charge in [-0.05, 0) is 107 Å². The molecule has 1 N–H and O–H groups in total. The van der Waals surface area contributed by atoms with Gasteiger partial charge in [-0.3, -0.25) is 23.9 Å². The Bertz CT molecular complexity index is 2060. The molecular formula is C43H59FN4O9S. The monoisotopic (exact) mass is 826 g/mol. The number of methoxy groups -OCH3 is 1. The van der Waals surface area contributed by atoms with E-state index in [0.29, 0.717) is 35.7 Å². The lowest BCUT2D eigenvalue weighted by molar-refractivity contribution is -0.160. The van der Waals surface area contributed by atoms with Crippen molar-refractivity contribution in [2.24, 2.45) is 29.1 Å². The molecule has 1 saturated heterocycles. The summed E-state index contributed by atoms with van der Waals surface area (Å²) >= 11 is 0. The summed E-state index contributed by atoms with van der Waals surface area (Å²) in [5.41, 5.74) is -2.17. The van der Waals surface area contributed by atoms with E-state index in [0.717, 1.165) is 11.8 Å². The summed E-state index contributed by atoms with van der Waals surface area (Å²) in [4.78, 5) is 65.2. The number of carbonyl (C=O) groups excluding carboxylic acids is 4. The van der Waals surface area contributed by atoms with E-state index in [1.54, 1.807) is 33.9 Å². The van der Waals surface area contributed by atoms with Gasteiger partial charge in [0.1, 0.15) is 34.7 Å². The van der Waals surface area contributed by atoms with Gasteiger partial charge < -0.3 is 24.0 Å². The van der Waals surface area contributed by atoms with E-state index in [1.807, 2.05) is 56.3 Å². The summed E-state index contributed by atoms with van der Waals surface area (Å²) in [5, 5.41) is 1.51. The van der Waals surface area contributed by atoms with E-state index in [4.69, 9.17) is 19.2 Å². The first kappa shape index (κ1) is 43.3. The Morgan fingerprint density at radius 1 is 1.10 bits per heavy atom. The molecule has 0 unspecified atom stereocenters. The number of benzene rings is 1. The topological polar surface area (TPSA) is 162 Å². The van der Waals surface area contributed by atoms with Gasteiger partial charge in [0.2, 0.25) is 27.7 Å². The van der Waals surface area contributed by atoms with Crippen LogP contribution in [-0.4, -0.2) is 98.8 Å². The van der Waals surface area contributed by atoms with Crippen molar-refractivity contribution < 1.29 is 46.2 Å². The molecule has 58 heavy (non-hydrogen) atoms. The number of nitrogens with one attached hydrogen (secondary N) is 1. The maximum Gasteiger partial charge on any atom is 0.307 e. The van der Waals surface area contributed by atoms with Crippen LogP contribution in [0.4, 0.5) is 10.2 Å². The van der Waals surface area contributed by atoms with Gasteiger partial charge in [-0.1, -0.05) is 26.0 Å². The third-order valence-electron chi connectivity index (χ3n) is 12.3. The third-order valence-corrected chi connectivity index (χ3v) is 14.5. The van der Waals surface area contributed by atoms with Gasteiger partial charge in [0, 0.05) is 32.3 Å². The molecule has 3 fully saturated rings. The summed E-state index contributed by atoms with van der Waals surface area (Å²) in [6.45, 7) is 8.24. The highest BCUT2D eigenvalue weighted by Gasteiger charge is 2.63. The number of fused-ring (bicyclic) bond motifs is 3. The zero-order valence-corrected chi connectivity index (χ0v) is 35.8. The number of amides is 2. The minimum absolute atomic E-state index is 0.00375. The number of nitrogens with zero attached hydrogens (tertiary/aromatic N) is 3. The molecular weight excluding hydrogens is 768 g/mol. The van der Waals surface area contributed by atoms with Crippen molar-refractivity contribution in [3.63, 3.8) is 0 Å². The van der Waals surface area contributed by atoms with Crippen LogP contribution in [0, 0.1) is 29.1 Å². The van der Waals surface area contributed by atoms with Gasteiger partial charge in [-0.25, -0.2) is 12.8 Å². The fourth-order valence-corrected chi connectivity index (χ4v) is 10.0. The second kappa shape index (κ2) is 16.4. The molecule has 3 heterocycles. The number of pyridine rings is 1. The van der Waals surface area contributed by atoms with Crippen molar-refractivity contribution in [1.82, 2.24) is 14.6 Å². The number of ether oxygens (including phenoxy) is 3. The van der Waals surface area contributed by atoms with Crippen molar-refractivity contribution in [1.29, 1.82) is 0 Å². The van der Waals surface area contributed by atoms with Crippen molar-refractivity contribution >= 4 is 50.2 Å². The van der Waals surface area contributed by atoms with E-state index in [9.17, 15) is 32.0 Å². The first-order valence-corrected chi connectivity index (χ1v) is 21.9. The fourth-order valence-electron chi connectivity index (χ4n) is 8.60. The summed E-state index contributed by atoms with van der Waals surface area (Å²) in [6.07, 6.45) is 5.21. The van der Waals surface area contributed by atoms with Crippen LogP contribution in [-0.2, 0) is 33.9 Å². The number of alkyl halides is 1. The molecule has 2 saturated carbocycles. The van der Waals surface area contributed by atoms with Crippen molar-refractivity contribution in [3.8, 4) is 11.6 Å². The molecule has 15 heteroatoms. The molecule has 1 aromatic heterocycles. The lowest BCUT2D eigenvalue weighted by Gasteiger charge is -2.32. The SMILES string of the molecule is COc1ccc2c(O[C@@H]3C[C@H]4C(=O)C[C@]5(C(=O)NS(=O)(=O)C6(CF)CC6)C[C@H]5/C=C\CC[C@@H](C)C[C@@H](C)[C@H](CC(=O)OC(C)(C)C)C(=O)N4C3)nc(N(C)C)cc2c1. The molecule has 2 aliphatic heterocycles. The zero-order chi connectivity index (χ0) is 42.4. The first-order chi connectivity index (χ1) is 27.2. The number of carbonyl (C=O) groups is 4. The predicted octanol–water partition coefficient (Wildman–Crippen LogP) is 5.93. The van der Waals surface area contributed by atoms with Crippen molar-refractivity contribution in [2.45, 2.75) is 115 Å². The Hall–Kier alpha value is -4.27. The molecule has 2 aromatic rings. The minimum Gasteiger partial charge on any atom is -0.497 e. The summed E-state index contributed by atoms with van der Waals surface area (Å²) in [7, 11) is 0.946. The van der Waals surface area contributed by atoms with E-state index >= 15 is 0 Å². The van der Waals surface area contributed by atoms with Crippen molar-refractivity contribution in [3.05, 3.63) is 36.4 Å². The van der Waals surface area contributed by atoms with Gasteiger partial charge in [-0.15, -0.1) is 0 Å². The average molecular weight is 827 g/mol. The summed E-state index contributed by atoms with van der Waals surface area (Å²) < 4.78 is 58.8. The van der Waals surface area contributed by atoms with Crippen LogP contribution < -0.4 is 19.1 Å². The normalized spacial score (nSPS) is 29.3. The quantitative estimate of drug-likeness (QED) is 0.223.